The Morgan fingerprint density at radius 3 is 1.03 bits per heavy atom. The number of rotatable bonds is 20. The largest absolute Gasteiger partial charge is 0.387 e. The van der Waals surface area contributed by atoms with Crippen molar-refractivity contribution in [2.24, 2.45) is 0 Å². The summed E-state index contributed by atoms with van der Waals surface area (Å²) in [6.07, 6.45) is -1.64. The summed E-state index contributed by atoms with van der Waals surface area (Å²) in [5, 5.41) is 22.4. The highest BCUT2D eigenvalue weighted by molar-refractivity contribution is 4.96. The van der Waals surface area contributed by atoms with Crippen LogP contribution in [0.3, 0.4) is 0 Å². The summed E-state index contributed by atoms with van der Waals surface area (Å²) in [6.45, 7) is 3.42. The highest BCUT2D eigenvalue weighted by Crippen LogP contribution is 2.26. The molecule has 0 saturated heterocycles. The van der Waals surface area contributed by atoms with Gasteiger partial charge in [0.25, 0.3) is 0 Å². The van der Waals surface area contributed by atoms with E-state index in [1.165, 1.54) is 0 Å². The minimum absolute atomic E-state index is 0.183. The van der Waals surface area contributed by atoms with Gasteiger partial charge in [-0.1, -0.05) is 0 Å². The monoisotopic (exact) mass is 508 g/mol. The number of ether oxygens (including phenoxy) is 3. The summed E-state index contributed by atoms with van der Waals surface area (Å²) in [4.78, 5) is 11.9. The number of aliphatic hydroxyl groups excluding tert-OH is 2. The van der Waals surface area contributed by atoms with E-state index >= 15 is 0 Å². The maximum atomic E-state index is 11.2. The molecule has 0 aromatic carbocycles. The minimum Gasteiger partial charge on any atom is -0.387 e. The van der Waals surface area contributed by atoms with Gasteiger partial charge in [-0.15, -0.1) is 0 Å². The van der Waals surface area contributed by atoms with Crippen molar-refractivity contribution in [1.82, 2.24) is 29.4 Å². The van der Waals surface area contributed by atoms with E-state index < -0.39 is 23.5 Å². The van der Waals surface area contributed by atoms with Crippen molar-refractivity contribution in [2.45, 2.75) is 23.5 Å². The van der Waals surface area contributed by atoms with Gasteiger partial charge in [0.05, 0.1) is 39.6 Å². The standard InChI is InChI=1S/C24H56N6O5/c1-25(2)13-15-33-17-21(31)23(27(5)6,28(7)8)19-35-20-24(29(9)10,30(11)12)22(32)18-34-16-14-26(3)4/h21-22,31-32H,13-20H2,1-12H3. The van der Waals surface area contributed by atoms with Gasteiger partial charge in [0, 0.05) is 13.1 Å². The molecule has 0 saturated carbocycles. The van der Waals surface area contributed by atoms with Gasteiger partial charge in [-0.2, -0.15) is 0 Å². The lowest BCUT2D eigenvalue weighted by molar-refractivity contribution is -0.192. The Kier molecular flexibility index (Phi) is 16.2. The SMILES string of the molecule is CN(C)CCOCC(O)C(COCC(C(O)COCCN(C)C)(N(C)C)N(C)C)(N(C)C)N(C)C. The number of aliphatic hydroxyl groups is 2. The van der Waals surface area contributed by atoms with Gasteiger partial charge in [-0.3, -0.25) is 19.6 Å². The first-order valence-electron chi connectivity index (χ1n) is 12.2. The van der Waals surface area contributed by atoms with Crippen LogP contribution in [0.25, 0.3) is 0 Å². The summed E-state index contributed by atoms with van der Waals surface area (Å²) < 4.78 is 17.9. The van der Waals surface area contributed by atoms with Gasteiger partial charge in [-0.05, 0) is 84.6 Å². The molecule has 0 amide bonds. The summed E-state index contributed by atoms with van der Waals surface area (Å²) in [6, 6.07) is 0. The minimum atomic E-state index is -0.824. The Hall–Kier alpha value is -0.440. The first-order valence-corrected chi connectivity index (χ1v) is 12.2. The van der Waals surface area contributed by atoms with E-state index in [0.717, 1.165) is 13.1 Å². The van der Waals surface area contributed by atoms with Crippen LogP contribution in [0.15, 0.2) is 0 Å². The first-order chi connectivity index (χ1) is 16.2. The third-order valence-corrected chi connectivity index (χ3v) is 6.71. The van der Waals surface area contributed by atoms with Gasteiger partial charge in [-0.25, -0.2) is 0 Å². The van der Waals surface area contributed by atoms with Crippen molar-refractivity contribution in [3.63, 3.8) is 0 Å². The highest BCUT2D eigenvalue weighted by Gasteiger charge is 2.47. The van der Waals surface area contributed by atoms with E-state index in [1.54, 1.807) is 0 Å². The second-order valence-corrected chi connectivity index (χ2v) is 10.6. The van der Waals surface area contributed by atoms with E-state index in [1.807, 2.05) is 114 Å². The predicted octanol–water partition coefficient (Wildman–Crippen LogP) is -1.48. The number of hydrogen-bond donors (Lipinski definition) is 2. The van der Waals surface area contributed by atoms with Gasteiger partial charge in [0.15, 0.2) is 0 Å². The maximum Gasteiger partial charge on any atom is 0.126 e. The molecule has 0 aliphatic heterocycles. The molecule has 0 aromatic heterocycles. The molecule has 0 radical (unpaired) electrons. The lowest BCUT2D eigenvalue weighted by atomic mass is 9.99. The average Bonchev–Trinajstić information content (AvgIpc) is 2.72. The zero-order valence-electron chi connectivity index (χ0n) is 24.6. The third-order valence-electron chi connectivity index (χ3n) is 6.71. The molecule has 0 heterocycles. The number of nitrogens with zero attached hydrogens (tertiary/aromatic N) is 6. The van der Waals surface area contributed by atoms with E-state index in [9.17, 15) is 10.2 Å². The highest BCUT2D eigenvalue weighted by atomic mass is 16.5. The van der Waals surface area contributed by atoms with Crippen molar-refractivity contribution in [1.29, 1.82) is 0 Å². The summed E-state index contributed by atoms with van der Waals surface area (Å²) in [7, 11) is 23.3. The van der Waals surface area contributed by atoms with Crippen molar-refractivity contribution in [2.75, 3.05) is 137 Å². The van der Waals surface area contributed by atoms with Crippen LogP contribution in [-0.4, -0.2) is 200 Å². The smallest absolute Gasteiger partial charge is 0.126 e. The Bertz CT molecular complexity index is 486. The molecule has 0 fully saturated rings. The van der Waals surface area contributed by atoms with Gasteiger partial charge >= 0.3 is 0 Å². The topological polar surface area (TPSA) is 87.6 Å². The van der Waals surface area contributed by atoms with E-state index in [4.69, 9.17) is 14.2 Å². The fraction of sp³-hybridized carbons (Fsp3) is 1.00. The van der Waals surface area contributed by atoms with Crippen LogP contribution < -0.4 is 0 Å². The fourth-order valence-corrected chi connectivity index (χ4v) is 4.20. The predicted molar refractivity (Wildman–Crippen MR) is 142 cm³/mol. The molecular formula is C24H56N6O5. The molecule has 0 aliphatic carbocycles. The lowest BCUT2D eigenvalue weighted by Gasteiger charge is -2.50. The summed E-state index contributed by atoms with van der Waals surface area (Å²) in [5.41, 5.74) is -1.65. The van der Waals surface area contributed by atoms with Crippen LogP contribution in [0.4, 0.5) is 0 Å². The molecule has 212 valence electrons. The number of likely N-dealkylation sites (N-methyl/N-ethyl adjacent to an activating group) is 6. The lowest BCUT2D eigenvalue weighted by Crippen LogP contribution is -2.69. The van der Waals surface area contributed by atoms with Crippen LogP contribution >= 0.6 is 0 Å². The molecule has 11 nitrogen and oxygen atoms in total. The van der Waals surface area contributed by atoms with Crippen molar-refractivity contribution in [3.8, 4) is 0 Å². The third kappa shape index (κ3) is 10.1. The second kappa shape index (κ2) is 16.4. The zero-order valence-corrected chi connectivity index (χ0v) is 24.6. The fourth-order valence-electron chi connectivity index (χ4n) is 4.20. The average molecular weight is 509 g/mol. The molecule has 2 N–H and O–H groups in total. The van der Waals surface area contributed by atoms with Gasteiger partial charge in [0.1, 0.15) is 23.5 Å². The van der Waals surface area contributed by atoms with Crippen molar-refractivity contribution < 1.29 is 24.4 Å². The molecule has 11 heteroatoms. The van der Waals surface area contributed by atoms with E-state index in [0.29, 0.717) is 13.2 Å². The van der Waals surface area contributed by atoms with Crippen molar-refractivity contribution in [3.05, 3.63) is 0 Å². The molecule has 2 unspecified atom stereocenters. The van der Waals surface area contributed by atoms with E-state index in [-0.39, 0.29) is 26.4 Å². The Morgan fingerprint density at radius 2 is 0.800 bits per heavy atom. The molecule has 35 heavy (non-hydrogen) atoms. The quantitative estimate of drug-likeness (QED) is 0.149. The summed E-state index contributed by atoms with van der Waals surface area (Å²) >= 11 is 0. The molecular weight excluding hydrogens is 452 g/mol. The molecule has 0 aromatic rings. The number of hydrogen-bond acceptors (Lipinski definition) is 11. The van der Waals surface area contributed by atoms with Crippen molar-refractivity contribution >= 4 is 0 Å². The Labute approximate surface area is 215 Å². The van der Waals surface area contributed by atoms with Crippen LogP contribution in [0.2, 0.25) is 0 Å². The van der Waals surface area contributed by atoms with Crippen LogP contribution in [0.1, 0.15) is 0 Å². The summed E-state index contributed by atoms with van der Waals surface area (Å²) in [5.74, 6) is 0. The molecule has 0 bridgehead atoms. The molecule has 0 spiro atoms. The van der Waals surface area contributed by atoms with Crippen LogP contribution in [-0.2, 0) is 14.2 Å². The van der Waals surface area contributed by atoms with Crippen LogP contribution in [0.5, 0.6) is 0 Å². The molecule has 0 aliphatic rings. The zero-order chi connectivity index (χ0) is 27.4. The maximum absolute atomic E-state index is 11.2. The molecule has 2 atom stereocenters. The Morgan fingerprint density at radius 1 is 0.514 bits per heavy atom. The molecule has 0 rings (SSSR count). The normalized spacial score (nSPS) is 15.4. The van der Waals surface area contributed by atoms with Gasteiger partial charge < -0.3 is 34.2 Å². The van der Waals surface area contributed by atoms with Gasteiger partial charge in [0.2, 0.25) is 0 Å². The van der Waals surface area contributed by atoms with E-state index in [2.05, 4.69) is 0 Å². The first kappa shape index (κ1) is 34.6. The second-order valence-electron chi connectivity index (χ2n) is 10.6. The Balaban J connectivity index is 5.52. The van der Waals surface area contributed by atoms with Crippen LogP contribution in [0, 0.1) is 0 Å².